The Labute approximate surface area is 127 Å². The van der Waals surface area contributed by atoms with Crippen LogP contribution in [-0.2, 0) is 0 Å². The van der Waals surface area contributed by atoms with Crippen LogP contribution in [0.5, 0.6) is 5.75 Å². The summed E-state index contributed by atoms with van der Waals surface area (Å²) < 4.78 is 5.23. The minimum Gasteiger partial charge on any atom is -0.496 e. The first-order chi connectivity index (χ1) is 10.2. The van der Waals surface area contributed by atoms with Crippen LogP contribution in [0.4, 0.5) is 5.69 Å². The number of amides is 1. The van der Waals surface area contributed by atoms with Crippen molar-refractivity contribution in [2.24, 2.45) is 11.8 Å². The molecule has 1 saturated carbocycles. The molecule has 3 N–H and O–H groups in total. The van der Waals surface area contributed by atoms with E-state index in [0.29, 0.717) is 22.9 Å². The van der Waals surface area contributed by atoms with Gasteiger partial charge in [-0.25, -0.2) is 0 Å². The monoisotopic (exact) mass is 290 g/mol. The molecule has 4 nitrogen and oxygen atoms in total. The predicted octanol–water partition coefficient (Wildman–Crippen LogP) is 3.22. The molecule has 21 heavy (non-hydrogen) atoms. The van der Waals surface area contributed by atoms with E-state index in [1.807, 2.05) is 0 Å². The van der Waals surface area contributed by atoms with Crippen molar-refractivity contribution < 1.29 is 9.53 Å². The number of carbonyl (C=O) groups is 1. The number of nitrogen functional groups attached to an aromatic ring is 1. The molecule has 1 aliphatic carbocycles. The van der Waals surface area contributed by atoms with E-state index in [0.717, 1.165) is 12.5 Å². The highest BCUT2D eigenvalue weighted by Crippen LogP contribution is 2.30. The van der Waals surface area contributed by atoms with E-state index in [2.05, 4.69) is 12.2 Å². The first-order valence-electron chi connectivity index (χ1n) is 7.86. The summed E-state index contributed by atoms with van der Waals surface area (Å²) in [5.74, 6) is 1.86. The number of ether oxygens (including phenoxy) is 1. The van der Waals surface area contributed by atoms with Crippen LogP contribution in [0.3, 0.4) is 0 Å². The number of nitrogens with two attached hydrogens (primary N) is 1. The lowest BCUT2D eigenvalue weighted by Gasteiger charge is -2.28. The molecule has 0 spiro atoms. The van der Waals surface area contributed by atoms with E-state index in [1.54, 1.807) is 25.3 Å². The van der Waals surface area contributed by atoms with Gasteiger partial charge in [-0.15, -0.1) is 0 Å². The standard InChI is InChI=1S/C17H26N2O2/c1-3-12-7-9-13(10-8-12)11-19-17(20)16-14(18)5-4-6-15(16)21-2/h4-6,12-13H,3,7-11,18H2,1-2H3,(H,19,20). The fourth-order valence-electron chi connectivity index (χ4n) is 3.13. The van der Waals surface area contributed by atoms with Crippen LogP contribution in [0.15, 0.2) is 18.2 Å². The molecule has 0 unspecified atom stereocenters. The van der Waals surface area contributed by atoms with Gasteiger partial charge in [-0.1, -0.05) is 32.3 Å². The molecule has 0 bridgehead atoms. The first kappa shape index (κ1) is 15.7. The van der Waals surface area contributed by atoms with Gasteiger partial charge >= 0.3 is 0 Å². The highest BCUT2D eigenvalue weighted by atomic mass is 16.5. The van der Waals surface area contributed by atoms with Crippen molar-refractivity contribution in [1.29, 1.82) is 0 Å². The molecule has 2 rings (SSSR count). The molecule has 0 aromatic heterocycles. The Balaban J connectivity index is 1.91. The Bertz CT molecular complexity index is 480. The second kappa shape index (κ2) is 7.34. The third-order valence-corrected chi connectivity index (χ3v) is 4.60. The van der Waals surface area contributed by atoms with Gasteiger partial charge in [-0.3, -0.25) is 4.79 Å². The van der Waals surface area contributed by atoms with E-state index in [-0.39, 0.29) is 5.91 Å². The van der Waals surface area contributed by atoms with E-state index in [4.69, 9.17) is 10.5 Å². The SMILES string of the molecule is CCC1CCC(CNC(=O)c2c(N)cccc2OC)CC1. The molecular formula is C17H26N2O2. The maximum absolute atomic E-state index is 12.3. The highest BCUT2D eigenvalue weighted by molar-refractivity contribution is 6.01. The zero-order valence-corrected chi connectivity index (χ0v) is 13.0. The van der Waals surface area contributed by atoms with Gasteiger partial charge in [-0.2, -0.15) is 0 Å². The Morgan fingerprint density at radius 3 is 2.57 bits per heavy atom. The summed E-state index contributed by atoms with van der Waals surface area (Å²) in [7, 11) is 1.55. The van der Waals surface area contributed by atoms with Gasteiger partial charge < -0.3 is 15.8 Å². The zero-order chi connectivity index (χ0) is 15.2. The predicted molar refractivity (Wildman–Crippen MR) is 85.5 cm³/mol. The molecule has 0 atom stereocenters. The summed E-state index contributed by atoms with van der Waals surface area (Å²) in [6, 6.07) is 5.28. The van der Waals surface area contributed by atoms with Gasteiger partial charge in [0, 0.05) is 12.2 Å². The number of hydrogen-bond donors (Lipinski definition) is 2. The average molecular weight is 290 g/mol. The number of carbonyl (C=O) groups excluding carboxylic acids is 1. The van der Waals surface area contributed by atoms with Crippen LogP contribution in [0, 0.1) is 11.8 Å². The van der Waals surface area contributed by atoms with Crippen molar-refractivity contribution in [3.63, 3.8) is 0 Å². The zero-order valence-electron chi connectivity index (χ0n) is 13.0. The number of methoxy groups -OCH3 is 1. The summed E-state index contributed by atoms with van der Waals surface area (Å²) in [5.41, 5.74) is 6.81. The van der Waals surface area contributed by atoms with E-state index < -0.39 is 0 Å². The van der Waals surface area contributed by atoms with Gasteiger partial charge in [0.05, 0.1) is 7.11 Å². The molecule has 4 heteroatoms. The van der Waals surface area contributed by atoms with Crippen molar-refractivity contribution in [2.45, 2.75) is 39.0 Å². The second-order valence-electron chi connectivity index (χ2n) is 5.93. The molecular weight excluding hydrogens is 264 g/mol. The number of hydrogen-bond acceptors (Lipinski definition) is 3. The third kappa shape index (κ3) is 3.90. The van der Waals surface area contributed by atoms with E-state index in [1.165, 1.54) is 32.1 Å². The molecule has 0 radical (unpaired) electrons. The van der Waals surface area contributed by atoms with Crippen molar-refractivity contribution in [1.82, 2.24) is 5.32 Å². The molecule has 1 fully saturated rings. The van der Waals surface area contributed by atoms with Crippen LogP contribution >= 0.6 is 0 Å². The lowest BCUT2D eigenvalue weighted by molar-refractivity contribution is 0.0939. The van der Waals surface area contributed by atoms with Gasteiger partial charge in [0.2, 0.25) is 0 Å². The maximum atomic E-state index is 12.3. The summed E-state index contributed by atoms with van der Waals surface area (Å²) in [6.07, 6.45) is 6.26. The molecule has 116 valence electrons. The van der Waals surface area contributed by atoms with Crippen LogP contribution in [0.25, 0.3) is 0 Å². The van der Waals surface area contributed by atoms with Gasteiger partial charge in [0.25, 0.3) is 5.91 Å². The largest absolute Gasteiger partial charge is 0.496 e. The molecule has 1 amide bonds. The smallest absolute Gasteiger partial charge is 0.257 e. The molecule has 1 aromatic carbocycles. The van der Waals surface area contributed by atoms with Crippen molar-refractivity contribution in [2.75, 3.05) is 19.4 Å². The van der Waals surface area contributed by atoms with Crippen LogP contribution < -0.4 is 15.8 Å². The highest BCUT2D eigenvalue weighted by Gasteiger charge is 2.21. The van der Waals surface area contributed by atoms with Crippen molar-refractivity contribution in [3.05, 3.63) is 23.8 Å². The number of benzene rings is 1. The molecule has 1 aromatic rings. The lowest BCUT2D eigenvalue weighted by atomic mass is 9.81. The Morgan fingerprint density at radius 2 is 1.95 bits per heavy atom. The minimum atomic E-state index is -0.137. The molecule has 1 aliphatic rings. The molecule has 0 aliphatic heterocycles. The third-order valence-electron chi connectivity index (χ3n) is 4.60. The Hall–Kier alpha value is -1.71. The van der Waals surface area contributed by atoms with Crippen LogP contribution in [0.1, 0.15) is 49.4 Å². The normalized spacial score (nSPS) is 21.8. The lowest BCUT2D eigenvalue weighted by Crippen LogP contribution is -2.32. The quantitative estimate of drug-likeness (QED) is 0.818. The van der Waals surface area contributed by atoms with E-state index in [9.17, 15) is 4.79 Å². The van der Waals surface area contributed by atoms with Gasteiger partial charge in [-0.05, 0) is 36.8 Å². The maximum Gasteiger partial charge on any atom is 0.257 e. The van der Waals surface area contributed by atoms with Crippen molar-refractivity contribution in [3.8, 4) is 5.75 Å². The summed E-state index contributed by atoms with van der Waals surface area (Å²) >= 11 is 0. The Morgan fingerprint density at radius 1 is 1.29 bits per heavy atom. The molecule has 0 saturated heterocycles. The summed E-state index contributed by atoms with van der Waals surface area (Å²) in [4.78, 5) is 12.3. The van der Waals surface area contributed by atoms with Gasteiger partial charge in [0.1, 0.15) is 11.3 Å². The fourth-order valence-corrected chi connectivity index (χ4v) is 3.13. The van der Waals surface area contributed by atoms with E-state index >= 15 is 0 Å². The number of nitrogens with one attached hydrogen (secondary N) is 1. The average Bonchev–Trinajstić information content (AvgIpc) is 2.52. The van der Waals surface area contributed by atoms with Crippen LogP contribution in [-0.4, -0.2) is 19.6 Å². The van der Waals surface area contributed by atoms with Crippen molar-refractivity contribution >= 4 is 11.6 Å². The number of rotatable bonds is 5. The minimum absolute atomic E-state index is 0.137. The summed E-state index contributed by atoms with van der Waals surface area (Å²) in [6.45, 7) is 2.99. The van der Waals surface area contributed by atoms with Crippen LogP contribution in [0.2, 0.25) is 0 Å². The van der Waals surface area contributed by atoms with Gasteiger partial charge in [0.15, 0.2) is 0 Å². The topological polar surface area (TPSA) is 64.4 Å². The second-order valence-corrected chi connectivity index (χ2v) is 5.93. The Kier molecular flexibility index (Phi) is 5.48. The fraction of sp³-hybridized carbons (Fsp3) is 0.588. The number of anilines is 1. The summed E-state index contributed by atoms with van der Waals surface area (Å²) in [5, 5.41) is 3.02. The first-order valence-corrected chi connectivity index (χ1v) is 7.86. The molecule has 0 heterocycles.